The average Bonchev–Trinajstić information content (AvgIpc) is 2.95. The average molecular weight is 307 g/mol. The third-order valence-electron chi connectivity index (χ3n) is 4.20. The predicted molar refractivity (Wildman–Crippen MR) is 88.9 cm³/mol. The van der Waals surface area contributed by atoms with Crippen molar-refractivity contribution in [1.82, 2.24) is 9.38 Å². The van der Waals surface area contributed by atoms with Crippen LogP contribution >= 0.6 is 0 Å². The van der Waals surface area contributed by atoms with Gasteiger partial charge in [-0.15, -0.1) is 0 Å². The van der Waals surface area contributed by atoms with Crippen LogP contribution in [0.1, 0.15) is 12.5 Å². The van der Waals surface area contributed by atoms with Crippen LogP contribution in [0, 0.1) is 6.92 Å². The first kappa shape index (κ1) is 13.8. The number of fused-ring (bicyclic) bond motifs is 2. The van der Waals surface area contributed by atoms with Gasteiger partial charge in [-0.1, -0.05) is 6.07 Å². The van der Waals surface area contributed by atoms with Crippen molar-refractivity contribution >= 4 is 17.2 Å². The van der Waals surface area contributed by atoms with Gasteiger partial charge in [0.15, 0.2) is 6.10 Å². The van der Waals surface area contributed by atoms with Gasteiger partial charge < -0.3 is 14.0 Å². The summed E-state index contributed by atoms with van der Waals surface area (Å²) in [6.45, 7) is 3.82. The first-order chi connectivity index (χ1) is 11.0. The second-order valence-electron chi connectivity index (χ2n) is 5.94. The standard InChI is InChI=1S/C18H17N3O2/c1-11-4-7-17-19-14(10-21(17)9-11)13-5-6-16-15(8-13)20(3)18(22)12(2)23-16/h4-10,12H,1-3H3. The summed E-state index contributed by atoms with van der Waals surface area (Å²) < 4.78 is 7.67. The number of hydrogen-bond donors (Lipinski definition) is 0. The summed E-state index contributed by atoms with van der Waals surface area (Å²) in [5.41, 5.74) is 4.69. The van der Waals surface area contributed by atoms with E-state index in [1.165, 1.54) is 5.56 Å². The monoisotopic (exact) mass is 307 g/mol. The van der Waals surface area contributed by atoms with E-state index < -0.39 is 6.10 Å². The van der Waals surface area contributed by atoms with Crippen molar-refractivity contribution in [2.45, 2.75) is 20.0 Å². The molecule has 3 heterocycles. The Morgan fingerprint density at radius 3 is 2.83 bits per heavy atom. The van der Waals surface area contributed by atoms with E-state index in [0.29, 0.717) is 0 Å². The molecule has 1 unspecified atom stereocenters. The van der Waals surface area contributed by atoms with Gasteiger partial charge in [0.2, 0.25) is 0 Å². The molecular weight excluding hydrogens is 290 g/mol. The number of rotatable bonds is 1. The van der Waals surface area contributed by atoms with E-state index in [2.05, 4.69) is 11.9 Å². The maximum atomic E-state index is 12.1. The largest absolute Gasteiger partial charge is 0.479 e. The summed E-state index contributed by atoms with van der Waals surface area (Å²) in [5, 5.41) is 0. The highest BCUT2D eigenvalue weighted by Crippen LogP contribution is 2.36. The van der Waals surface area contributed by atoms with Gasteiger partial charge >= 0.3 is 0 Å². The number of ether oxygens (including phenoxy) is 1. The minimum Gasteiger partial charge on any atom is -0.479 e. The molecule has 2 aromatic heterocycles. The molecule has 1 aromatic carbocycles. The van der Waals surface area contributed by atoms with Crippen molar-refractivity contribution in [3.05, 3.63) is 48.3 Å². The molecule has 5 heteroatoms. The zero-order valence-electron chi connectivity index (χ0n) is 13.3. The van der Waals surface area contributed by atoms with Crippen LogP contribution < -0.4 is 9.64 Å². The number of carbonyl (C=O) groups is 1. The zero-order valence-corrected chi connectivity index (χ0v) is 13.3. The van der Waals surface area contributed by atoms with Crippen molar-refractivity contribution in [1.29, 1.82) is 0 Å². The minimum absolute atomic E-state index is 0.0414. The summed E-state index contributed by atoms with van der Waals surface area (Å²) in [7, 11) is 1.77. The number of aromatic nitrogens is 2. The Labute approximate surface area is 134 Å². The molecule has 0 saturated carbocycles. The molecule has 0 N–H and O–H groups in total. The van der Waals surface area contributed by atoms with Crippen LogP contribution in [-0.4, -0.2) is 28.4 Å². The molecule has 116 valence electrons. The Morgan fingerprint density at radius 1 is 1.17 bits per heavy atom. The van der Waals surface area contributed by atoms with E-state index >= 15 is 0 Å². The van der Waals surface area contributed by atoms with Crippen LogP contribution in [0.3, 0.4) is 0 Å². The maximum absolute atomic E-state index is 12.1. The van der Waals surface area contributed by atoms with Gasteiger partial charge in [-0.25, -0.2) is 4.98 Å². The summed E-state index contributed by atoms with van der Waals surface area (Å²) in [6, 6.07) is 9.87. The van der Waals surface area contributed by atoms with E-state index in [4.69, 9.17) is 4.74 Å². The Balaban J connectivity index is 1.81. The van der Waals surface area contributed by atoms with Gasteiger partial charge in [0.1, 0.15) is 11.4 Å². The Morgan fingerprint density at radius 2 is 2.00 bits per heavy atom. The minimum atomic E-state index is -0.448. The lowest BCUT2D eigenvalue weighted by atomic mass is 10.1. The van der Waals surface area contributed by atoms with Crippen LogP contribution in [0.2, 0.25) is 0 Å². The lowest BCUT2D eigenvalue weighted by molar-refractivity contribution is -0.125. The SMILES string of the molecule is Cc1ccc2nc(-c3ccc4c(c3)N(C)C(=O)C(C)O4)cn2c1. The molecule has 5 nitrogen and oxygen atoms in total. The van der Waals surface area contributed by atoms with E-state index in [0.717, 1.165) is 28.3 Å². The highest BCUT2D eigenvalue weighted by molar-refractivity contribution is 6.00. The van der Waals surface area contributed by atoms with Gasteiger partial charge in [0.05, 0.1) is 11.4 Å². The molecule has 0 radical (unpaired) electrons. The molecule has 1 aliphatic heterocycles. The van der Waals surface area contributed by atoms with Gasteiger partial charge in [-0.2, -0.15) is 0 Å². The number of benzene rings is 1. The number of nitrogens with zero attached hydrogens (tertiary/aromatic N) is 3. The third-order valence-corrected chi connectivity index (χ3v) is 4.20. The van der Waals surface area contributed by atoms with E-state index in [-0.39, 0.29) is 5.91 Å². The fourth-order valence-corrected chi connectivity index (χ4v) is 2.91. The third kappa shape index (κ3) is 2.16. The van der Waals surface area contributed by atoms with Gasteiger partial charge in [-0.05, 0) is 43.7 Å². The highest BCUT2D eigenvalue weighted by Gasteiger charge is 2.29. The number of anilines is 1. The second kappa shape index (κ2) is 4.84. The summed E-state index contributed by atoms with van der Waals surface area (Å²) >= 11 is 0. The maximum Gasteiger partial charge on any atom is 0.267 e. The van der Waals surface area contributed by atoms with Crippen molar-refractivity contribution in [3.8, 4) is 17.0 Å². The predicted octanol–water partition coefficient (Wildman–Crippen LogP) is 3.05. The normalized spacial score (nSPS) is 17.3. The number of hydrogen-bond acceptors (Lipinski definition) is 3. The van der Waals surface area contributed by atoms with Crippen molar-refractivity contribution in [2.24, 2.45) is 0 Å². The first-order valence-electron chi connectivity index (χ1n) is 7.57. The van der Waals surface area contributed by atoms with Gasteiger partial charge in [0, 0.05) is 25.0 Å². The van der Waals surface area contributed by atoms with Crippen LogP contribution in [0.5, 0.6) is 5.75 Å². The zero-order chi connectivity index (χ0) is 16.1. The topological polar surface area (TPSA) is 46.8 Å². The fraction of sp³-hybridized carbons (Fsp3) is 0.222. The lowest BCUT2D eigenvalue weighted by Gasteiger charge is -2.30. The number of pyridine rings is 1. The fourth-order valence-electron chi connectivity index (χ4n) is 2.91. The first-order valence-corrected chi connectivity index (χ1v) is 7.57. The molecule has 3 aromatic rings. The van der Waals surface area contributed by atoms with Crippen LogP contribution in [0.15, 0.2) is 42.7 Å². The molecule has 0 spiro atoms. The highest BCUT2D eigenvalue weighted by atomic mass is 16.5. The molecule has 0 fully saturated rings. The molecule has 1 amide bonds. The Hall–Kier alpha value is -2.82. The van der Waals surface area contributed by atoms with Crippen molar-refractivity contribution in [2.75, 3.05) is 11.9 Å². The summed E-state index contributed by atoms with van der Waals surface area (Å²) in [6.07, 6.45) is 3.60. The van der Waals surface area contributed by atoms with Crippen molar-refractivity contribution in [3.63, 3.8) is 0 Å². The Kier molecular flexibility index (Phi) is 2.91. The number of carbonyl (C=O) groups excluding carboxylic acids is 1. The summed E-state index contributed by atoms with van der Waals surface area (Å²) in [4.78, 5) is 18.4. The van der Waals surface area contributed by atoms with E-state index in [1.54, 1.807) is 18.9 Å². The molecule has 1 aliphatic rings. The van der Waals surface area contributed by atoms with Crippen LogP contribution in [0.4, 0.5) is 5.69 Å². The summed E-state index contributed by atoms with van der Waals surface area (Å²) in [5.74, 6) is 0.684. The molecule has 23 heavy (non-hydrogen) atoms. The molecule has 0 aliphatic carbocycles. The number of aryl methyl sites for hydroxylation is 1. The molecule has 4 rings (SSSR count). The van der Waals surface area contributed by atoms with Crippen LogP contribution in [0.25, 0.3) is 16.9 Å². The van der Waals surface area contributed by atoms with Gasteiger partial charge in [0.25, 0.3) is 5.91 Å². The van der Waals surface area contributed by atoms with Crippen molar-refractivity contribution < 1.29 is 9.53 Å². The number of amides is 1. The number of imidazole rings is 1. The smallest absolute Gasteiger partial charge is 0.267 e. The molecule has 0 saturated heterocycles. The Bertz CT molecular complexity index is 929. The molecule has 1 atom stereocenters. The molecule has 0 bridgehead atoms. The van der Waals surface area contributed by atoms with E-state index in [9.17, 15) is 4.79 Å². The lowest BCUT2D eigenvalue weighted by Crippen LogP contribution is -2.41. The van der Waals surface area contributed by atoms with E-state index in [1.807, 2.05) is 47.1 Å². The second-order valence-corrected chi connectivity index (χ2v) is 5.94. The molecular formula is C18H17N3O2. The number of likely N-dealkylation sites (N-methyl/N-ethyl adjacent to an activating group) is 1. The van der Waals surface area contributed by atoms with Gasteiger partial charge in [-0.3, -0.25) is 4.79 Å². The van der Waals surface area contributed by atoms with Crippen LogP contribution in [-0.2, 0) is 4.79 Å². The quantitative estimate of drug-likeness (QED) is 0.694.